The Morgan fingerprint density at radius 2 is 2.64 bits per heavy atom. The summed E-state index contributed by atoms with van der Waals surface area (Å²) >= 11 is 0. The van der Waals surface area contributed by atoms with Crippen LogP contribution in [0.25, 0.3) is 0 Å². The largest absolute Gasteiger partial charge is 0.480 e. The van der Waals surface area contributed by atoms with Crippen LogP contribution in [0.4, 0.5) is 0 Å². The minimum absolute atomic E-state index is 0.499. The van der Waals surface area contributed by atoms with Crippen LogP contribution in [0.15, 0.2) is 12.5 Å². The van der Waals surface area contributed by atoms with E-state index in [4.69, 9.17) is 5.11 Å². The number of nitrogens with one attached hydrogen (secondary N) is 2. The zero-order valence-corrected chi connectivity index (χ0v) is 5.74. The molecule has 11 heavy (non-hydrogen) atoms. The molecule has 2 bridgehead atoms. The van der Waals surface area contributed by atoms with E-state index in [9.17, 15) is 4.79 Å². The molecule has 5 heteroatoms. The number of aromatic nitrogens is 2. The normalized spacial score (nSPS) is 20.9. The van der Waals surface area contributed by atoms with E-state index in [-0.39, 0.29) is 0 Å². The van der Waals surface area contributed by atoms with Gasteiger partial charge in [0.1, 0.15) is 5.69 Å². The quantitative estimate of drug-likeness (QED) is 0.447. The van der Waals surface area contributed by atoms with E-state index in [0.717, 1.165) is 5.69 Å². The smallest absolute Gasteiger partial charge is 0.330 e. The highest BCUT2D eigenvalue weighted by molar-refractivity contribution is 5.75. The predicted molar refractivity (Wildman–Crippen MR) is 35.5 cm³/mol. The molecule has 58 valence electrons. The van der Waals surface area contributed by atoms with Crippen molar-refractivity contribution in [3.05, 3.63) is 18.2 Å². The number of carboxylic acid groups (broad SMARTS) is 1. The van der Waals surface area contributed by atoms with Crippen molar-refractivity contribution >= 4 is 5.97 Å². The number of H-pyrrole nitrogens is 1. The summed E-state index contributed by atoms with van der Waals surface area (Å²) in [6, 6.07) is -0.499. The third kappa shape index (κ3) is 0.938. The number of fused-ring (bicyclic) bond motifs is 2. The van der Waals surface area contributed by atoms with Crippen molar-refractivity contribution in [3.63, 3.8) is 0 Å². The lowest BCUT2D eigenvalue weighted by Gasteiger charge is -2.11. The zero-order chi connectivity index (χ0) is 7.84. The van der Waals surface area contributed by atoms with E-state index in [1.54, 1.807) is 11.0 Å². The summed E-state index contributed by atoms with van der Waals surface area (Å²) in [5.41, 5.74) is 3.72. The van der Waals surface area contributed by atoms with Crippen molar-refractivity contribution < 1.29 is 14.6 Å². The van der Waals surface area contributed by atoms with E-state index in [0.29, 0.717) is 6.42 Å². The van der Waals surface area contributed by atoms with Crippen LogP contribution in [-0.4, -0.2) is 22.1 Å². The fourth-order valence-corrected chi connectivity index (χ4v) is 1.17. The van der Waals surface area contributed by atoms with E-state index >= 15 is 0 Å². The molecular weight excluding hydrogens is 146 g/mol. The average Bonchev–Trinajstić information content (AvgIpc) is 2.30. The van der Waals surface area contributed by atoms with Crippen LogP contribution in [-0.2, 0) is 11.2 Å². The van der Waals surface area contributed by atoms with Crippen LogP contribution in [0, 0.1) is 0 Å². The van der Waals surface area contributed by atoms with Gasteiger partial charge in [-0.05, 0) is 0 Å². The third-order valence-electron chi connectivity index (χ3n) is 1.71. The minimum Gasteiger partial charge on any atom is -0.480 e. The summed E-state index contributed by atoms with van der Waals surface area (Å²) in [5, 5.41) is 8.64. The molecule has 2 heterocycles. The molecule has 2 rings (SSSR count). The number of rotatable bonds is 1. The second-order valence-electron chi connectivity index (χ2n) is 2.56. The summed E-state index contributed by atoms with van der Waals surface area (Å²) in [6.45, 7) is 0. The Hall–Kier alpha value is -1.52. The topological polar surface area (TPSA) is 69.0 Å². The van der Waals surface area contributed by atoms with Gasteiger partial charge in [-0.2, -0.15) is 0 Å². The van der Waals surface area contributed by atoms with Gasteiger partial charge >= 0.3 is 5.97 Å². The van der Waals surface area contributed by atoms with Crippen molar-refractivity contribution in [3.8, 4) is 0 Å². The number of carboxylic acids is 1. The maximum absolute atomic E-state index is 10.5. The van der Waals surface area contributed by atoms with Gasteiger partial charge in [-0.15, -0.1) is 4.68 Å². The first-order valence-corrected chi connectivity index (χ1v) is 3.33. The van der Waals surface area contributed by atoms with Gasteiger partial charge in [0.05, 0.1) is 0 Å². The first-order valence-electron chi connectivity index (χ1n) is 3.33. The zero-order valence-electron chi connectivity index (χ0n) is 5.74. The lowest BCUT2D eigenvalue weighted by Crippen LogP contribution is -2.54. The highest BCUT2D eigenvalue weighted by atomic mass is 16.4. The Bertz CT molecular complexity index is 273. The Morgan fingerprint density at radius 3 is 3.27 bits per heavy atom. The molecule has 1 atom stereocenters. The highest BCUT2D eigenvalue weighted by Gasteiger charge is 2.27. The summed E-state index contributed by atoms with van der Waals surface area (Å²) in [7, 11) is 0. The fourth-order valence-electron chi connectivity index (χ4n) is 1.17. The molecular formula is C6H8N3O2+. The van der Waals surface area contributed by atoms with E-state index in [1.165, 1.54) is 0 Å². The molecule has 1 aromatic rings. The number of hydrogen-bond donors (Lipinski definition) is 3. The van der Waals surface area contributed by atoms with Crippen molar-refractivity contribution in [1.82, 2.24) is 4.98 Å². The maximum Gasteiger partial charge on any atom is 0.330 e. The number of aromatic amines is 1. The molecule has 0 spiro atoms. The van der Waals surface area contributed by atoms with Crippen molar-refractivity contribution in [2.75, 3.05) is 5.43 Å². The van der Waals surface area contributed by atoms with E-state index in [2.05, 4.69) is 10.4 Å². The molecule has 1 aromatic heterocycles. The monoisotopic (exact) mass is 154 g/mol. The van der Waals surface area contributed by atoms with Crippen LogP contribution >= 0.6 is 0 Å². The summed E-state index contributed by atoms with van der Waals surface area (Å²) in [6.07, 6.45) is 4.04. The molecule has 5 nitrogen and oxygen atoms in total. The second kappa shape index (κ2) is 1.98. The highest BCUT2D eigenvalue weighted by Crippen LogP contribution is 2.01. The Balaban J connectivity index is 2.25. The SMILES string of the molecule is O=C(O)[C@@H]1Cc2c[n+](c[nH]2)N1. The summed E-state index contributed by atoms with van der Waals surface area (Å²) in [4.78, 5) is 13.5. The van der Waals surface area contributed by atoms with Crippen LogP contribution in [0.3, 0.4) is 0 Å². The third-order valence-corrected chi connectivity index (χ3v) is 1.71. The number of carbonyl (C=O) groups is 1. The van der Waals surface area contributed by atoms with Gasteiger partial charge in [0, 0.05) is 6.42 Å². The first-order chi connectivity index (χ1) is 5.25. The van der Waals surface area contributed by atoms with Gasteiger partial charge in [-0.1, -0.05) is 0 Å². The molecule has 0 saturated carbocycles. The number of aliphatic carboxylic acids is 1. The van der Waals surface area contributed by atoms with Gasteiger partial charge in [0.25, 0.3) is 6.33 Å². The molecule has 0 unspecified atom stereocenters. The number of nitrogens with zero attached hydrogens (tertiary/aromatic N) is 1. The minimum atomic E-state index is -0.822. The van der Waals surface area contributed by atoms with Crippen LogP contribution in [0.2, 0.25) is 0 Å². The first kappa shape index (κ1) is 6.21. The standard InChI is InChI=1S/C6H7N3O2/c10-6(11)5-1-4-2-9(8-5)3-7-4/h2-3,5,8H,1H2,(H,10,11)/p+1/t5-/m0/s1. The molecule has 0 fully saturated rings. The molecule has 1 aliphatic heterocycles. The molecule has 0 radical (unpaired) electrons. The molecule has 3 N–H and O–H groups in total. The van der Waals surface area contributed by atoms with Crippen LogP contribution in [0.5, 0.6) is 0 Å². The molecule has 0 aliphatic carbocycles. The number of imidazole rings is 1. The molecule has 0 amide bonds. The number of hydrogen-bond acceptors (Lipinski definition) is 2. The second-order valence-corrected chi connectivity index (χ2v) is 2.56. The predicted octanol–water partition coefficient (Wildman–Crippen LogP) is -1.15. The van der Waals surface area contributed by atoms with Crippen LogP contribution < -0.4 is 10.1 Å². The average molecular weight is 154 g/mol. The molecule has 0 saturated heterocycles. The van der Waals surface area contributed by atoms with Gasteiger partial charge < -0.3 is 5.11 Å². The molecule has 0 aromatic carbocycles. The maximum atomic E-state index is 10.5. The van der Waals surface area contributed by atoms with E-state index in [1.807, 2.05) is 6.20 Å². The van der Waals surface area contributed by atoms with Crippen LogP contribution in [0.1, 0.15) is 5.69 Å². The van der Waals surface area contributed by atoms with Gasteiger partial charge in [-0.3, -0.25) is 0 Å². The lowest BCUT2D eigenvalue weighted by atomic mass is 10.1. The summed E-state index contributed by atoms with van der Waals surface area (Å²) < 4.78 is 1.62. The Kier molecular flexibility index (Phi) is 1.12. The van der Waals surface area contributed by atoms with Gasteiger partial charge in [-0.25, -0.2) is 15.2 Å². The van der Waals surface area contributed by atoms with E-state index < -0.39 is 12.0 Å². The molecule has 1 aliphatic rings. The fraction of sp³-hybridized carbons (Fsp3) is 0.333. The Labute approximate surface area is 62.6 Å². The van der Waals surface area contributed by atoms with Crippen molar-refractivity contribution in [1.29, 1.82) is 0 Å². The van der Waals surface area contributed by atoms with Crippen molar-refractivity contribution in [2.24, 2.45) is 0 Å². The van der Waals surface area contributed by atoms with Gasteiger partial charge in [0.2, 0.25) is 0 Å². The Morgan fingerprint density at radius 1 is 1.82 bits per heavy atom. The lowest BCUT2D eigenvalue weighted by molar-refractivity contribution is -0.653. The van der Waals surface area contributed by atoms with Crippen molar-refractivity contribution in [2.45, 2.75) is 12.5 Å². The summed E-state index contributed by atoms with van der Waals surface area (Å²) in [5.74, 6) is -0.822. The van der Waals surface area contributed by atoms with Gasteiger partial charge in [0.15, 0.2) is 12.2 Å².